The van der Waals surface area contributed by atoms with Gasteiger partial charge in [0.15, 0.2) is 5.58 Å². The quantitative estimate of drug-likeness (QED) is 0.743. The fourth-order valence-corrected chi connectivity index (χ4v) is 1.29. The predicted octanol–water partition coefficient (Wildman–Crippen LogP) is 2.88. The number of hydrogen-bond acceptors (Lipinski definition) is 3. The zero-order valence-corrected chi connectivity index (χ0v) is 7.84. The highest BCUT2D eigenvalue weighted by molar-refractivity contribution is 6.34. The molecule has 0 saturated heterocycles. The van der Waals surface area contributed by atoms with Gasteiger partial charge in [-0.2, -0.15) is 4.98 Å². The number of nitrogens with zero attached hydrogens (tertiary/aromatic N) is 1. The van der Waals surface area contributed by atoms with Crippen LogP contribution in [-0.2, 0) is 0 Å². The van der Waals surface area contributed by atoms with Crippen molar-refractivity contribution in [2.45, 2.75) is 6.92 Å². The minimum Gasteiger partial charge on any atom is -0.450 e. The molecule has 1 heterocycles. The summed E-state index contributed by atoms with van der Waals surface area (Å²) in [4.78, 5) is 4.08. The van der Waals surface area contributed by atoms with Crippen molar-refractivity contribution < 1.29 is 9.15 Å². The molecule has 1 aromatic carbocycles. The molecule has 0 N–H and O–H groups in total. The lowest BCUT2D eigenvalue weighted by Crippen LogP contribution is -1.90. The van der Waals surface area contributed by atoms with Crippen molar-refractivity contribution >= 4 is 22.7 Å². The van der Waals surface area contributed by atoms with E-state index in [0.29, 0.717) is 22.7 Å². The first-order valence-electron chi connectivity index (χ1n) is 3.99. The number of oxazole rings is 1. The lowest BCUT2D eigenvalue weighted by atomic mass is 10.3. The van der Waals surface area contributed by atoms with Crippen LogP contribution in [0.3, 0.4) is 0 Å². The summed E-state index contributed by atoms with van der Waals surface area (Å²) >= 11 is 5.89. The van der Waals surface area contributed by atoms with Gasteiger partial charge in [0, 0.05) is 0 Å². The first-order valence-corrected chi connectivity index (χ1v) is 4.37. The fraction of sp³-hybridized carbons (Fsp3) is 0.222. The molecule has 0 atom stereocenters. The molecule has 0 saturated carbocycles. The second kappa shape index (κ2) is 3.26. The molecule has 0 aliphatic carbocycles. The molecule has 0 aliphatic heterocycles. The van der Waals surface area contributed by atoms with E-state index in [2.05, 4.69) is 4.98 Å². The van der Waals surface area contributed by atoms with Crippen molar-refractivity contribution in [1.82, 2.24) is 4.98 Å². The van der Waals surface area contributed by atoms with Crippen LogP contribution in [-0.4, -0.2) is 11.6 Å². The average molecular weight is 198 g/mol. The Morgan fingerprint density at radius 3 is 3.08 bits per heavy atom. The van der Waals surface area contributed by atoms with Crippen LogP contribution in [0.5, 0.6) is 6.08 Å². The van der Waals surface area contributed by atoms with E-state index in [1.54, 1.807) is 12.1 Å². The molecule has 0 aliphatic rings. The summed E-state index contributed by atoms with van der Waals surface area (Å²) < 4.78 is 10.4. The van der Waals surface area contributed by atoms with E-state index in [1.165, 1.54) is 0 Å². The number of ether oxygens (including phenoxy) is 1. The Labute approximate surface area is 80.3 Å². The third kappa shape index (κ3) is 1.47. The summed E-state index contributed by atoms with van der Waals surface area (Å²) in [5.41, 5.74) is 1.29. The maximum Gasteiger partial charge on any atom is 0.394 e. The fourth-order valence-electron chi connectivity index (χ4n) is 1.08. The first kappa shape index (κ1) is 8.38. The second-order valence-electron chi connectivity index (χ2n) is 2.50. The van der Waals surface area contributed by atoms with Crippen LogP contribution in [0.2, 0.25) is 5.02 Å². The van der Waals surface area contributed by atoms with Crippen LogP contribution in [0.4, 0.5) is 0 Å². The lowest BCUT2D eigenvalue weighted by molar-refractivity contribution is 0.251. The molecule has 0 unspecified atom stereocenters. The highest BCUT2D eigenvalue weighted by Crippen LogP contribution is 2.26. The Hall–Kier alpha value is -1.22. The predicted molar refractivity (Wildman–Crippen MR) is 50.2 cm³/mol. The van der Waals surface area contributed by atoms with Gasteiger partial charge >= 0.3 is 6.08 Å². The Kier molecular flexibility index (Phi) is 2.10. The van der Waals surface area contributed by atoms with Gasteiger partial charge in [-0.05, 0) is 19.1 Å². The highest BCUT2D eigenvalue weighted by atomic mass is 35.5. The Morgan fingerprint density at radius 2 is 2.38 bits per heavy atom. The maximum absolute atomic E-state index is 5.89. The zero-order valence-electron chi connectivity index (χ0n) is 7.08. The standard InChI is InChI=1S/C9H8ClNO2/c1-2-12-9-11-8-6(10)4-3-5-7(8)13-9/h3-5H,2H2,1H3. The number of fused-ring (bicyclic) bond motifs is 1. The molecule has 3 nitrogen and oxygen atoms in total. The van der Waals surface area contributed by atoms with Crippen molar-refractivity contribution in [1.29, 1.82) is 0 Å². The minimum atomic E-state index is 0.269. The molecule has 0 bridgehead atoms. The maximum atomic E-state index is 5.89. The van der Waals surface area contributed by atoms with Crippen LogP contribution >= 0.6 is 11.6 Å². The molecule has 0 spiro atoms. The average Bonchev–Trinajstić information content (AvgIpc) is 2.49. The van der Waals surface area contributed by atoms with Crippen LogP contribution in [0.1, 0.15) is 6.92 Å². The molecule has 2 rings (SSSR count). The number of halogens is 1. The van der Waals surface area contributed by atoms with E-state index in [4.69, 9.17) is 20.8 Å². The smallest absolute Gasteiger partial charge is 0.394 e. The van der Waals surface area contributed by atoms with E-state index >= 15 is 0 Å². The van der Waals surface area contributed by atoms with Gasteiger partial charge < -0.3 is 9.15 Å². The summed E-state index contributed by atoms with van der Waals surface area (Å²) in [5.74, 6) is 0. The normalized spacial score (nSPS) is 10.6. The molecular formula is C9H8ClNO2. The number of benzene rings is 1. The van der Waals surface area contributed by atoms with Gasteiger partial charge in [-0.1, -0.05) is 17.7 Å². The third-order valence-corrected chi connectivity index (χ3v) is 1.92. The van der Waals surface area contributed by atoms with E-state index in [-0.39, 0.29) is 6.08 Å². The third-order valence-electron chi connectivity index (χ3n) is 1.62. The van der Waals surface area contributed by atoms with Gasteiger partial charge in [0.25, 0.3) is 0 Å². The Bertz CT molecular complexity index is 424. The van der Waals surface area contributed by atoms with Gasteiger partial charge in [0.1, 0.15) is 5.52 Å². The molecule has 0 amide bonds. The van der Waals surface area contributed by atoms with E-state index < -0.39 is 0 Å². The summed E-state index contributed by atoms with van der Waals surface area (Å²) in [6, 6.07) is 5.38. The van der Waals surface area contributed by atoms with Gasteiger partial charge in [-0.15, -0.1) is 0 Å². The largest absolute Gasteiger partial charge is 0.450 e. The molecule has 0 fully saturated rings. The molecule has 13 heavy (non-hydrogen) atoms. The van der Waals surface area contributed by atoms with Crippen molar-refractivity contribution in [2.24, 2.45) is 0 Å². The molecule has 2 aromatic rings. The van der Waals surface area contributed by atoms with Crippen molar-refractivity contribution in [2.75, 3.05) is 6.61 Å². The van der Waals surface area contributed by atoms with E-state index in [9.17, 15) is 0 Å². The highest BCUT2D eigenvalue weighted by Gasteiger charge is 2.08. The Balaban J connectivity index is 2.55. The molecule has 1 aromatic heterocycles. The zero-order chi connectivity index (χ0) is 9.26. The van der Waals surface area contributed by atoms with Crippen molar-refractivity contribution in [3.05, 3.63) is 23.2 Å². The molecule has 0 radical (unpaired) electrons. The van der Waals surface area contributed by atoms with Crippen LogP contribution < -0.4 is 4.74 Å². The van der Waals surface area contributed by atoms with Crippen molar-refractivity contribution in [3.63, 3.8) is 0 Å². The molecular weight excluding hydrogens is 190 g/mol. The first-order chi connectivity index (χ1) is 6.31. The minimum absolute atomic E-state index is 0.269. The van der Waals surface area contributed by atoms with Gasteiger partial charge in [0.2, 0.25) is 0 Å². The van der Waals surface area contributed by atoms with Crippen LogP contribution in [0.15, 0.2) is 22.6 Å². The number of rotatable bonds is 2. The second-order valence-corrected chi connectivity index (χ2v) is 2.91. The van der Waals surface area contributed by atoms with Crippen LogP contribution in [0.25, 0.3) is 11.1 Å². The van der Waals surface area contributed by atoms with Gasteiger partial charge in [0.05, 0.1) is 11.6 Å². The summed E-state index contributed by atoms with van der Waals surface area (Å²) in [7, 11) is 0. The number of para-hydroxylation sites is 1. The Morgan fingerprint density at radius 1 is 1.54 bits per heavy atom. The van der Waals surface area contributed by atoms with Gasteiger partial charge in [-0.25, -0.2) is 0 Å². The number of hydrogen-bond donors (Lipinski definition) is 0. The molecule has 68 valence electrons. The van der Waals surface area contributed by atoms with Crippen molar-refractivity contribution in [3.8, 4) is 6.08 Å². The summed E-state index contributed by atoms with van der Waals surface area (Å²) in [6.45, 7) is 2.40. The van der Waals surface area contributed by atoms with E-state index in [0.717, 1.165) is 0 Å². The number of aromatic nitrogens is 1. The SMILES string of the molecule is CCOc1nc2c(Cl)cccc2o1. The topological polar surface area (TPSA) is 35.3 Å². The summed E-state index contributed by atoms with van der Waals surface area (Å²) in [5, 5.41) is 0.576. The lowest BCUT2D eigenvalue weighted by Gasteiger charge is -1.91. The van der Waals surface area contributed by atoms with Crippen LogP contribution in [0, 0.1) is 0 Å². The molecule has 4 heteroatoms. The van der Waals surface area contributed by atoms with Gasteiger partial charge in [-0.3, -0.25) is 0 Å². The monoisotopic (exact) mass is 197 g/mol. The summed E-state index contributed by atoms with van der Waals surface area (Å²) in [6.07, 6.45) is 0.269. The van der Waals surface area contributed by atoms with E-state index in [1.807, 2.05) is 13.0 Å².